The molecule has 0 aliphatic carbocycles. The molecule has 5 N–H and O–H groups in total. The predicted molar refractivity (Wildman–Crippen MR) is 332 cm³/mol. The molecule has 84 heavy (non-hydrogen) atoms. The fourth-order valence-electron chi connectivity index (χ4n) is 8.31. The van der Waals surface area contributed by atoms with Crippen molar-refractivity contribution in [2.75, 3.05) is 7.05 Å². The minimum atomic E-state index is -0.443. The summed E-state index contributed by atoms with van der Waals surface area (Å²) in [7, 11) is 1.61. The van der Waals surface area contributed by atoms with Crippen molar-refractivity contribution in [3.05, 3.63) is 269 Å². The second-order valence-electron chi connectivity index (χ2n) is 19.2. The quantitative estimate of drug-likeness (QED) is 0.0973. The second kappa shape index (κ2) is 27.1. The normalized spacial score (nSPS) is 10.5. The summed E-state index contributed by atoms with van der Waals surface area (Å²) >= 11 is 3.41. The summed E-state index contributed by atoms with van der Waals surface area (Å²) in [4.78, 5) is 33.8. The van der Waals surface area contributed by atoms with Crippen molar-refractivity contribution in [3.63, 3.8) is 0 Å². The molecule has 0 bridgehead atoms. The zero-order chi connectivity index (χ0) is 59.1. The van der Waals surface area contributed by atoms with E-state index in [0.717, 1.165) is 94.6 Å². The van der Waals surface area contributed by atoms with E-state index in [-0.39, 0.29) is 11.7 Å². The monoisotopic (exact) mass is 1170 g/mol. The number of nitrogens with one attached hydrogen (secondary N) is 1. The molecule has 0 aliphatic rings. The van der Waals surface area contributed by atoms with Gasteiger partial charge in [-0.15, -0.1) is 0 Å². The van der Waals surface area contributed by atoms with Gasteiger partial charge in [0.15, 0.2) is 28.8 Å². The van der Waals surface area contributed by atoms with E-state index in [1.807, 2.05) is 190 Å². The molecule has 0 radical (unpaired) electrons. The second-order valence-corrected chi connectivity index (χ2v) is 20.2. The van der Waals surface area contributed by atoms with Crippen molar-refractivity contribution in [3.8, 4) is 90.3 Å². The molecule has 0 saturated carbocycles. The summed E-state index contributed by atoms with van der Waals surface area (Å²) in [5, 5.41) is 19.0. The van der Waals surface area contributed by atoms with Crippen LogP contribution in [0.3, 0.4) is 0 Å². The van der Waals surface area contributed by atoms with E-state index in [2.05, 4.69) is 48.5 Å². The van der Waals surface area contributed by atoms with Crippen LogP contribution in [0.4, 0.5) is 0 Å². The van der Waals surface area contributed by atoms with E-state index < -0.39 is 5.91 Å². The predicted octanol–water partition coefficient (Wildman–Crippen LogP) is 16.0. The lowest BCUT2D eigenvalue weighted by Crippen LogP contribution is -2.17. The highest BCUT2D eigenvalue weighted by molar-refractivity contribution is 9.10. The van der Waals surface area contributed by atoms with Crippen LogP contribution in [0, 0.1) is 13.8 Å². The molecular formula is C69H56BrN7O7. The lowest BCUT2D eigenvalue weighted by Gasteiger charge is -2.00. The SMILES string of the molecule is C=C(N)c1ccc(-c2cc(-c3ccc(Br)cc3)on2)cc1.CC(=O)c1ccc(-c2cc(-c3ccc(C)cc3)on2)cc1.CNC(=O)c1ccc(-c2cc(-c3ccc(C)cc3)on2)cc1.NC(=O)c1ccc(-c2cc(-c3ccccc3)on2)cc1. The van der Waals surface area contributed by atoms with Crippen LogP contribution in [0.25, 0.3) is 96.0 Å². The van der Waals surface area contributed by atoms with Crippen molar-refractivity contribution in [1.29, 1.82) is 0 Å². The van der Waals surface area contributed by atoms with Crippen molar-refractivity contribution < 1.29 is 32.5 Å². The molecule has 2 amide bonds. The fraction of sp³-hybridized carbons (Fsp3) is 0.0580. The number of nitrogens with zero attached hydrogens (tertiary/aromatic N) is 4. The van der Waals surface area contributed by atoms with E-state index in [0.29, 0.717) is 28.1 Å². The number of Topliss-reactive ketones (excluding diaryl/α,β-unsaturated/α-hetero) is 1. The minimum Gasteiger partial charge on any atom is -0.399 e. The largest absolute Gasteiger partial charge is 0.399 e. The van der Waals surface area contributed by atoms with E-state index in [4.69, 9.17) is 29.6 Å². The Labute approximate surface area is 493 Å². The van der Waals surface area contributed by atoms with Crippen LogP contribution in [-0.2, 0) is 0 Å². The maximum Gasteiger partial charge on any atom is 0.251 e. The summed E-state index contributed by atoms with van der Waals surface area (Å²) < 4.78 is 22.6. The van der Waals surface area contributed by atoms with Gasteiger partial charge in [-0.05, 0) is 62.7 Å². The molecule has 416 valence electrons. The number of hydrogen-bond donors (Lipinski definition) is 3. The highest BCUT2D eigenvalue weighted by Crippen LogP contribution is 2.31. The van der Waals surface area contributed by atoms with Crippen LogP contribution in [0.5, 0.6) is 0 Å². The highest BCUT2D eigenvalue weighted by Gasteiger charge is 2.14. The van der Waals surface area contributed by atoms with Crippen LogP contribution in [0.2, 0.25) is 0 Å². The topological polar surface area (TPSA) is 219 Å². The zero-order valence-electron chi connectivity index (χ0n) is 46.2. The summed E-state index contributed by atoms with van der Waals surface area (Å²) in [6, 6.07) is 70.8. The average Bonchev–Trinajstić information content (AvgIpc) is 4.54. The van der Waals surface area contributed by atoms with Crippen molar-refractivity contribution in [2.24, 2.45) is 11.5 Å². The molecule has 0 saturated heterocycles. The lowest BCUT2D eigenvalue weighted by molar-refractivity contribution is 0.0960. The summed E-state index contributed by atoms with van der Waals surface area (Å²) in [6.07, 6.45) is 0. The molecule has 0 aliphatic heterocycles. The van der Waals surface area contributed by atoms with Gasteiger partial charge in [0, 0.05) is 103 Å². The number of halogens is 1. The van der Waals surface area contributed by atoms with Gasteiger partial charge < -0.3 is 34.9 Å². The van der Waals surface area contributed by atoms with Gasteiger partial charge in [0.1, 0.15) is 22.8 Å². The average molecular weight is 1180 g/mol. The first kappa shape index (κ1) is 57.9. The Morgan fingerprint density at radius 1 is 0.405 bits per heavy atom. The van der Waals surface area contributed by atoms with E-state index in [9.17, 15) is 14.4 Å². The standard InChI is InChI=1S/C18H16N2O2.C18H15NO2.C17H13BrN2O.C16H12N2O2/c1-12-3-5-14(6-4-12)17-11-16(20-22-17)13-7-9-15(10-8-13)18(21)19-2;1-12-3-5-16(6-4-12)18-11-17(19-21-18)15-9-7-14(8-10-15)13(2)20;1-11(19)12-2-4-13(5-3-12)16-10-17(21-20-16)14-6-8-15(18)9-7-14;17-16(19)13-8-6-11(7-9-13)14-10-15(20-18-14)12-4-2-1-3-5-12/h3-11H,1-2H3,(H,19,21);3-11H,1-2H3;2-10H,1,19H2;1-10H,(H2,17,19). The number of nitrogens with two attached hydrogens (primary N) is 2. The smallest absolute Gasteiger partial charge is 0.251 e. The highest BCUT2D eigenvalue weighted by atomic mass is 79.9. The number of benzene rings is 8. The molecule has 12 aromatic rings. The molecule has 0 spiro atoms. The number of ketones is 1. The Hall–Kier alpha value is -10.8. The lowest BCUT2D eigenvalue weighted by atomic mass is 10.1. The third-order valence-electron chi connectivity index (χ3n) is 13.2. The third-order valence-corrected chi connectivity index (χ3v) is 13.7. The molecule has 14 nitrogen and oxygen atoms in total. The summed E-state index contributed by atoms with van der Waals surface area (Å²) in [6.45, 7) is 9.37. The van der Waals surface area contributed by atoms with Crippen LogP contribution in [-0.4, -0.2) is 45.3 Å². The van der Waals surface area contributed by atoms with E-state index in [1.165, 1.54) is 11.1 Å². The summed E-state index contributed by atoms with van der Waals surface area (Å²) in [5.74, 6) is 2.42. The number of rotatable bonds is 12. The van der Waals surface area contributed by atoms with Gasteiger partial charge in [0.2, 0.25) is 5.91 Å². The first-order valence-corrected chi connectivity index (χ1v) is 27.2. The number of carbonyl (C=O) groups excluding carboxylic acids is 3. The van der Waals surface area contributed by atoms with Crippen LogP contribution in [0.15, 0.2) is 254 Å². The molecule has 8 aromatic carbocycles. The van der Waals surface area contributed by atoms with Crippen molar-refractivity contribution in [2.45, 2.75) is 20.8 Å². The maximum atomic E-state index is 11.5. The van der Waals surface area contributed by atoms with Gasteiger partial charge in [-0.2, -0.15) is 0 Å². The van der Waals surface area contributed by atoms with Gasteiger partial charge >= 0.3 is 0 Å². The minimum absolute atomic E-state index is 0.0575. The number of carbonyl (C=O) groups is 3. The van der Waals surface area contributed by atoms with E-state index >= 15 is 0 Å². The Balaban J connectivity index is 0.000000134. The van der Waals surface area contributed by atoms with Gasteiger partial charge in [-0.3, -0.25) is 14.4 Å². The van der Waals surface area contributed by atoms with Gasteiger partial charge in [-0.1, -0.05) is 218 Å². The molecular weight excluding hydrogens is 1120 g/mol. The number of aromatic nitrogens is 4. The van der Waals surface area contributed by atoms with Crippen LogP contribution < -0.4 is 16.8 Å². The molecule has 4 aromatic heterocycles. The Morgan fingerprint density at radius 2 is 0.702 bits per heavy atom. The number of amides is 2. The van der Waals surface area contributed by atoms with Crippen molar-refractivity contribution in [1.82, 2.24) is 25.9 Å². The van der Waals surface area contributed by atoms with Crippen LogP contribution in [0.1, 0.15) is 54.7 Å². The van der Waals surface area contributed by atoms with Gasteiger partial charge in [0.05, 0.1) is 0 Å². The first-order chi connectivity index (χ1) is 40.7. The Morgan fingerprint density at radius 3 is 1.02 bits per heavy atom. The third kappa shape index (κ3) is 15.0. The molecule has 0 atom stereocenters. The first-order valence-electron chi connectivity index (χ1n) is 26.4. The molecule has 15 heteroatoms. The molecule has 0 unspecified atom stereocenters. The number of hydrogen-bond acceptors (Lipinski definition) is 12. The number of primary amides is 1. The zero-order valence-corrected chi connectivity index (χ0v) is 47.8. The van der Waals surface area contributed by atoms with Crippen LogP contribution >= 0.6 is 15.9 Å². The Kier molecular flexibility index (Phi) is 18.7. The van der Waals surface area contributed by atoms with Gasteiger partial charge in [0.25, 0.3) is 5.91 Å². The van der Waals surface area contributed by atoms with Crippen molar-refractivity contribution >= 4 is 39.2 Å². The molecule has 0 fully saturated rings. The van der Waals surface area contributed by atoms with E-state index in [1.54, 1.807) is 62.5 Å². The van der Waals surface area contributed by atoms with Gasteiger partial charge in [-0.25, -0.2) is 0 Å². The Bertz CT molecular complexity index is 4010. The summed E-state index contributed by atoms with van der Waals surface area (Å²) in [5.41, 5.74) is 27.2. The fourth-order valence-corrected chi connectivity index (χ4v) is 8.58. The number of aryl methyl sites for hydroxylation is 2. The molecule has 12 rings (SSSR count). The molecule has 4 heterocycles. The maximum absolute atomic E-state index is 11.5.